The number of hydrogen-bond donors (Lipinski definition) is 0. The second kappa shape index (κ2) is 5.52. The molecule has 4 aromatic carbocycles. The molecule has 3 heteroatoms. The Morgan fingerprint density at radius 1 is 0.826 bits per heavy atom. The fraction of sp³-hybridized carbons (Fsp3) is 0.150. The largest absolute Gasteiger partial charge is 0.460 e. The molecule has 4 aromatic rings. The van der Waals surface area contributed by atoms with E-state index in [1.54, 1.807) is 7.11 Å². The van der Waals surface area contributed by atoms with Gasteiger partial charge in [-0.3, -0.25) is 0 Å². The molecule has 4 rings (SSSR count). The smallest absolute Gasteiger partial charge is 0.338 e. The molecule has 0 radical (unpaired) electrons. The number of hydrogen-bond acceptors (Lipinski definition) is 3. The van der Waals surface area contributed by atoms with E-state index in [2.05, 4.69) is 36.4 Å². The van der Waals surface area contributed by atoms with Crippen molar-refractivity contribution in [1.29, 1.82) is 0 Å². The number of carbonyl (C=O) groups excluding carboxylic acids is 1. The Balaban J connectivity index is 1.94. The van der Waals surface area contributed by atoms with Crippen molar-refractivity contribution in [2.75, 3.05) is 20.3 Å². The molecular weight excluding hydrogens is 288 g/mol. The van der Waals surface area contributed by atoms with Gasteiger partial charge in [-0.05, 0) is 38.4 Å². The summed E-state index contributed by atoms with van der Waals surface area (Å²) in [5.74, 6) is -0.306. The molecule has 0 aliphatic heterocycles. The predicted molar refractivity (Wildman–Crippen MR) is 92.3 cm³/mol. The van der Waals surface area contributed by atoms with E-state index in [9.17, 15) is 4.79 Å². The van der Waals surface area contributed by atoms with Crippen LogP contribution < -0.4 is 0 Å². The van der Waals surface area contributed by atoms with Crippen LogP contribution in [-0.2, 0) is 9.47 Å². The predicted octanol–water partition coefficient (Wildman–Crippen LogP) is 4.39. The molecule has 0 amide bonds. The Morgan fingerprint density at radius 3 is 2.22 bits per heavy atom. The molecule has 0 atom stereocenters. The average Bonchev–Trinajstić information content (AvgIpc) is 2.59. The monoisotopic (exact) mass is 304 g/mol. The van der Waals surface area contributed by atoms with Gasteiger partial charge in [0.2, 0.25) is 0 Å². The normalized spacial score (nSPS) is 11.5. The Labute approximate surface area is 133 Å². The first-order valence-electron chi connectivity index (χ1n) is 7.62. The van der Waals surface area contributed by atoms with Crippen LogP contribution in [0.4, 0.5) is 0 Å². The van der Waals surface area contributed by atoms with Gasteiger partial charge in [0.05, 0.1) is 12.2 Å². The molecular formula is C20H16O3. The molecule has 0 saturated carbocycles. The number of methoxy groups -OCH3 is 1. The molecule has 0 aromatic heterocycles. The van der Waals surface area contributed by atoms with Gasteiger partial charge < -0.3 is 9.47 Å². The van der Waals surface area contributed by atoms with Crippen molar-refractivity contribution in [3.05, 3.63) is 60.2 Å². The number of benzene rings is 4. The lowest BCUT2D eigenvalue weighted by Crippen LogP contribution is -2.10. The maximum atomic E-state index is 12.4. The van der Waals surface area contributed by atoms with Crippen molar-refractivity contribution >= 4 is 38.3 Å². The minimum atomic E-state index is -0.306. The summed E-state index contributed by atoms with van der Waals surface area (Å²) in [7, 11) is 1.59. The van der Waals surface area contributed by atoms with Gasteiger partial charge in [0.15, 0.2) is 0 Å². The van der Waals surface area contributed by atoms with Gasteiger partial charge in [-0.2, -0.15) is 0 Å². The zero-order chi connectivity index (χ0) is 15.8. The lowest BCUT2D eigenvalue weighted by Gasteiger charge is -2.13. The highest BCUT2D eigenvalue weighted by Crippen LogP contribution is 2.35. The van der Waals surface area contributed by atoms with Crippen LogP contribution >= 0.6 is 0 Å². The molecule has 23 heavy (non-hydrogen) atoms. The van der Waals surface area contributed by atoms with E-state index >= 15 is 0 Å². The van der Waals surface area contributed by atoms with Crippen molar-refractivity contribution in [3.63, 3.8) is 0 Å². The minimum absolute atomic E-state index is 0.261. The third-order valence-corrected chi connectivity index (χ3v) is 4.27. The Morgan fingerprint density at radius 2 is 1.48 bits per heavy atom. The van der Waals surface area contributed by atoms with E-state index in [1.165, 1.54) is 16.2 Å². The van der Waals surface area contributed by atoms with Crippen molar-refractivity contribution in [3.8, 4) is 0 Å². The van der Waals surface area contributed by atoms with Crippen molar-refractivity contribution in [2.45, 2.75) is 0 Å². The molecule has 0 N–H and O–H groups in total. The van der Waals surface area contributed by atoms with Crippen LogP contribution in [-0.4, -0.2) is 26.3 Å². The average molecular weight is 304 g/mol. The molecule has 3 nitrogen and oxygen atoms in total. The van der Waals surface area contributed by atoms with Crippen LogP contribution in [0.15, 0.2) is 54.6 Å². The summed E-state index contributed by atoms with van der Waals surface area (Å²) < 4.78 is 10.2. The Kier molecular flexibility index (Phi) is 3.36. The fourth-order valence-corrected chi connectivity index (χ4v) is 3.21. The van der Waals surface area contributed by atoms with Gasteiger partial charge in [0.1, 0.15) is 6.61 Å². The summed E-state index contributed by atoms with van der Waals surface area (Å²) >= 11 is 0. The number of esters is 1. The summed E-state index contributed by atoms with van der Waals surface area (Å²) in [5.41, 5.74) is 0.604. The SMILES string of the molecule is COCCOC(=O)c1ccc2ccc3cccc4ccc1c2c34. The topological polar surface area (TPSA) is 35.5 Å². The third kappa shape index (κ3) is 2.21. The van der Waals surface area contributed by atoms with E-state index in [1.807, 2.05) is 18.2 Å². The van der Waals surface area contributed by atoms with Gasteiger partial charge >= 0.3 is 5.97 Å². The zero-order valence-electron chi connectivity index (χ0n) is 12.8. The Bertz CT molecular complexity index is 988. The highest BCUT2D eigenvalue weighted by molar-refractivity contribution is 6.25. The van der Waals surface area contributed by atoms with Gasteiger partial charge in [-0.25, -0.2) is 4.79 Å². The van der Waals surface area contributed by atoms with Crippen LogP contribution in [0.5, 0.6) is 0 Å². The van der Waals surface area contributed by atoms with Crippen LogP contribution in [0.1, 0.15) is 10.4 Å². The molecule has 0 aliphatic rings. The summed E-state index contributed by atoms with van der Waals surface area (Å²) in [6.07, 6.45) is 0. The van der Waals surface area contributed by atoms with Crippen molar-refractivity contribution in [1.82, 2.24) is 0 Å². The second-order valence-electron chi connectivity index (χ2n) is 5.60. The molecule has 114 valence electrons. The molecule has 0 aliphatic carbocycles. The first-order valence-corrected chi connectivity index (χ1v) is 7.62. The number of rotatable bonds is 4. The van der Waals surface area contributed by atoms with E-state index in [-0.39, 0.29) is 12.6 Å². The summed E-state index contributed by atoms with van der Waals surface area (Å²) in [5, 5.41) is 6.78. The fourth-order valence-electron chi connectivity index (χ4n) is 3.21. The quantitative estimate of drug-likeness (QED) is 0.319. The lowest BCUT2D eigenvalue weighted by atomic mass is 9.92. The highest BCUT2D eigenvalue weighted by atomic mass is 16.6. The van der Waals surface area contributed by atoms with E-state index < -0.39 is 0 Å². The minimum Gasteiger partial charge on any atom is -0.460 e. The van der Waals surface area contributed by atoms with Crippen molar-refractivity contribution in [2.24, 2.45) is 0 Å². The molecule has 0 unspecified atom stereocenters. The number of ether oxygens (including phenoxy) is 2. The van der Waals surface area contributed by atoms with Gasteiger partial charge in [-0.1, -0.05) is 48.5 Å². The van der Waals surface area contributed by atoms with E-state index in [0.717, 1.165) is 16.2 Å². The molecule has 0 heterocycles. The van der Waals surface area contributed by atoms with E-state index in [0.29, 0.717) is 12.2 Å². The van der Waals surface area contributed by atoms with Gasteiger partial charge in [0, 0.05) is 7.11 Å². The maximum Gasteiger partial charge on any atom is 0.338 e. The second-order valence-corrected chi connectivity index (χ2v) is 5.60. The summed E-state index contributed by atoms with van der Waals surface area (Å²) in [6.45, 7) is 0.662. The van der Waals surface area contributed by atoms with Gasteiger partial charge in [0.25, 0.3) is 0 Å². The van der Waals surface area contributed by atoms with Gasteiger partial charge in [-0.15, -0.1) is 0 Å². The van der Waals surface area contributed by atoms with E-state index in [4.69, 9.17) is 9.47 Å². The van der Waals surface area contributed by atoms with Crippen LogP contribution in [0, 0.1) is 0 Å². The molecule has 0 fully saturated rings. The van der Waals surface area contributed by atoms with Crippen LogP contribution in [0.2, 0.25) is 0 Å². The first kappa shape index (κ1) is 14.0. The zero-order valence-corrected chi connectivity index (χ0v) is 12.8. The highest BCUT2D eigenvalue weighted by Gasteiger charge is 2.15. The summed E-state index contributed by atoms with van der Waals surface area (Å²) in [6, 6.07) is 18.4. The maximum absolute atomic E-state index is 12.4. The third-order valence-electron chi connectivity index (χ3n) is 4.27. The van der Waals surface area contributed by atoms with Crippen LogP contribution in [0.25, 0.3) is 32.3 Å². The standard InChI is InChI=1S/C20H16O3/c1-22-11-12-23-20(21)17-10-8-15-6-5-13-3-2-4-14-7-9-16(17)19(15)18(13)14/h2-10H,11-12H2,1H3. The molecule has 0 spiro atoms. The number of carbonyl (C=O) groups is 1. The first-order chi connectivity index (χ1) is 11.3. The molecule has 0 saturated heterocycles. The lowest BCUT2D eigenvalue weighted by molar-refractivity contribution is 0.0390. The van der Waals surface area contributed by atoms with Crippen molar-refractivity contribution < 1.29 is 14.3 Å². The summed E-state index contributed by atoms with van der Waals surface area (Å²) in [4.78, 5) is 12.4. The van der Waals surface area contributed by atoms with Crippen LogP contribution in [0.3, 0.4) is 0 Å². The molecule has 0 bridgehead atoms. The Hall–Kier alpha value is -2.65.